The van der Waals surface area contributed by atoms with Crippen LogP contribution in [0.2, 0.25) is 0 Å². The highest BCUT2D eigenvalue weighted by Crippen LogP contribution is 2.27. The van der Waals surface area contributed by atoms with Gasteiger partial charge in [0.2, 0.25) is 0 Å². The Labute approximate surface area is 163 Å². The fourth-order valence-corrected chi connectivity index (χ4v) is 2.59. The fourth-order valence-electron chi connectivity index (χ4n) is 2.59. The van der Waals surface area contributed by atoms with Crippen LogP contribution in [0.4, 0.5) is 5.82 Å². The molecular weight excluding hydrogens is 356 g/mol. The van der Waals surface area contributed by atoms with Crippen molar-refractivity contribution in [1.82, 2.24) is 15.3 Å². The molecule has 0 atom stereocenters. The summed E-state index contributed by atoms with van der Waals surface area (Å²) in [6, 6.07) is 14.8. The lowest BCUT2D eigenvalue weighted by Gasteiger charge is -2.10. The number of nitrogens with one attached hydrogen (secondary N) is 2. The molecular formula is C21H22N4O3. The predicted molar refractivity (Wildman–Crippen MR) is 107 cm³/mol. The van der Waals surface area contributed by atoms with E-state index >= 15 is 0 Å². The number of hydrogen-bond acceptors (Lipinski definition) is 6. The van der Waals surface area contributed by atoms with Crippen molar-refractivity contribution in [3.63, 3.8) is 0 Å². The molecule has 7 nitrogen and oxygen atoms in total. The van der Waals surface area contributed by atoms with Crippen LogP contribution in [0.25, 0.3) is 0 Å². The maximum Gasteiger partial charge on any atom is 0.253 e. The molecule has 0 bridgehead atoms. The lowest BCUT2D eigenvalue weighted by atomic mass is 10.2. The maximum atomic E-state index is 12.3. The summed E-state index contributed by atoms with van der Waals surface area (Å²) >= 11 is 0. The lowest BCUT2D eigenvalue weighted by molar-refractivity contribution is 0.0950. The highest BCUT2D eigenvalue weighted by Gasteiger charge is 2.08. The molecule has 0 radical (unpaired) electrons. The van der Waals surface area contributed by atoms with E-state index in [4.69, 9.17) is 9.47 Å². The average molecular weight is 378 g/mol. The molecule has 2 heterocycles. The first-order valence-electron chi connectivity index (χ1n) is 8.78. The molecule has 28 heavy (non-hydrogen) atoms. The Morgan fingerprint density at radius 3 is 2.50 bits per heavy atom. The number of anilines is 1. The van der Waals surface area contributed by atoms with Crippen molar-refractivity contribution < 1.29 is 14.3 Å². The zero-order valence-corrected chi connectivity index (χ0v) is 15.8. The first kappa shape index (κ1) is 19.2. The second-order valence-electron chi connectivity index (χ2n) is 5.98. The van der Waals surface area contributed by atoms with Crippen LogP contribution in [0.1, 0.15) is 21.6 Å². The van der Waals surface area contributed by atoms with Gasteiger partial charge in [-0.15, -0.1) is 0 Å². The highest BCUT2D eigenvalue weighted by molar-refractivity contribution is 5.94. The van der Waals surface area contributed by atoms with Gasteiger partial charge in [-0.05, 0) is 42.0 Å². The van der Waals surface area contributed by atoms with Crippen molar-refractivity contribution in [2.75, 3.05) is 19.5 Å². The summed E-state index contributed by atoms with van der Waals surface area (Å²) in [4.78, 5) is 20.9. The molecule has 0 fully saturated rings. The van der Waals surface area contributed by atoms with Crippen LogP contribution >= 0.6 is 0 Å². The van der Waals surface area contributed by atoms with E-state index in [1.807, 2.05) is 36.4 Å². The molecule has 1 aromatic carbocycles. The summed E-state index contributed by atoms with van der Waals surface area (Å²) in [5.74, 6) is 1.76. The smallest absolute Gasteiger partial charge is 0.253 e. The second kappa shape index (κ2) is 9.36. The van der Waals surface area contributed by atoms with E-state index in [-0.39, 0.29) is 5.91 Å². The second-order valence-corrected chi connectivity index (χ2v) is 5.98. The topological polar surface area (TPSA) is 85.4 Å². The molecule has 3 rings (SSSR count). The Kier molecular flexibility index (Phi) is 6.41. The Morgan fingerprint density at radius 1 is 0.964 bits per heavy atom. The number of amides is 1. The number of ether oxygens (including phenoxy) is 2. The van der Waals surface area contributed by atoms with E-state index in [0.29, 0.717) is 36.0 Å². The number of carbonyl (C=O) groups excluding carboxylic acids is 1. The van der Waals surface area contributed by atoms with Gasteiger partial charge in [0.1, 0.15) is 5.82 Å². The average Bonchev–Trinajstić information content (AvgIpc) is 2.76. The molecule has 0 spiro atoms. The number of aromatic nitrogens is 2. The van der Waals surface area contributed by atoms with Crippen molar-refractivity contribution in [1.29, 1.82) is 0 Å². The Hall–Kier alpha value is -3.61. The van der Waals surface area contributed by atoms with Crippen LogP contribution < -0.4 is 20.1 Å². The third-order valence-corrected chi connectivity index (χ3v) is 4.10. The molecule has 2 aromatic heterocycles. The molecule has 0 saturated heterocycles. The largest absolute Gasteiger partial charge is 0.493 e. The molecule has 0 saturated carbocycles. The minimum Gasteiger partial charge on any atom is -0.493 e. The minimum absolute atomic E-state index is 0.196. The summed E-state index contributed by atoms with van der Waals surface area (Å²) in [7, 11) is 3.16. The number of benzene rings is 1. The van der Waals surface area contributed by atoms with Crippen molar-refractivity contribution in [2.24, 2.45) is 0 Å². The summed E-state index contributed by atoms with van der Waals surface area (Å²) in [5.41, 5.74) is 2.32. The first-order valence-corrected chi connectivity index (χ1v) is 8.78. The van der Waals surface area contributed by atoms with E-state index in [9.17, 15) is 4.79 Å². The Bertz CT molecular complexity index is 915. The van der Waals surface area contributed by atoms with E-state index in [2.05, 4.69) is 20.6 Å². The molecule has 144 valence electrons. The normalized spacial score (nSPS) is 10.2. The lowest BCUT2D eigenvalue weighted by Crippen LogP contribution is -2.23. The standard InChI is InChI=1S/C21H22N4O3/c1-27-18-8-6-15(11-19(18)28-2)12-25-21(26)16-7-9-20(23-13-16)24-14-17-5-3-4-10-22-17/h3-11,13H,12,14H2,1-2H3,(H,23,24)(H,25,26). The van der Waals surface area contributed by atoms with Crippen molar-refractivity contribution in [2.45, 2.75) is 13.1 Å². The fraction of sp³-hybridized carbons (Fsp3) is 0.190. The van der Waals surface area contributed by atoms with Gasteiger partial charge in [-0.1, -0.05) is 12.1 Å². The van der Waals surface area contributed by atoms with Gasteiger partial charge in [-0.25, -0.2) is 4.98 Å². The zero-order chi connectivity index (χ0) is 19.8. The van der Waals surface area contributed by atoms with E-state index < -0.39 is 0 Å². The molecule has 0 aliphatic carbocycles. The summed E-state index contributed by atoms with van der Waals surface area (Å²) in [5, 5.41) is 6.05. The van der Waals surface area contributed by atoms with Crippen LogP contribution in [0.15, 0.2) is 60.9 Å². The molecule has 3 aromatic rings. The monoisotopic (exact) mass is 378 g/mol. The zero-order valence-electron chi connectivity index (χ0n) is 15.8. The number of methoxy groups -OCH3 is 2. The third kappa shape index (κ3) is 4.97. The number of rotatable bonds is 8. The number of hydrogen-bond donors (Lipinski definition) is 2. The SMILES string of the molecule is COc1ccc(CNC(=O)c2ccc(NCc3ccccn3)nc2)cc1OC. The molecule has 2 N–H and O–H groups in total. The van der Waals surface area contributed by atoms with E-state index in [1.165, 1.54) is 0 Å². The van der Waals surface area contributed by atoms with Gasteiger partial charge >= 0.3 is 0 Å². The van der Waals surface area contributed by atoms with Gasteiger partial charge in [0.25, 0.3) is 5.91 Å². The molecule has 0 unspecified atom stereocenters. The van der Waals surface area contributed by atoms with Gasteiger partial charge in [-0.2, -0.15) is 0 Å². The molecule has 0 aliphatic heterocycles. The Balaban J connectivity index is 1.54. The van der Waals surface area contributed by atoms with E-state index in [0.717, 1.165) is 11.3 Å². The molecule has 1 amide bonds. The van der Waals surface area contributed by atoms with Crippen LogP contribution in [0, 0.1) is 0 Å². The van der Waals surface area contributed by atoms with Gasteiger partial charge in [0, 0.05) is 18.9 Å². The number of nitrogens with zero attached hydrogens (tertiary/aromatic N) is 2. The van der Waals surface area contributed by atoms with E-state index in [1.54, 1.807) is 38.7 Å². The maximum absolute atomic E-state index is 12.3. The van der Waals surface area contributed by atoms with Crippen LogP contribution in [0.3, 0.4) is 0 Å². The van der Waals surface area contributed by atoms with Crippen molar-refractivity contribution in [3.8, 4) is 11.5 Å². The predicted octanol–water partition coefficient (Wildman–Crippen LogP) is 3.04. The quantitative estimate of drug-likeness (QED) is 0.627. The van der Waals surface area contributed by atoms with Crippen LogP contribution in [-0.2, 0) is 13.1 Å². The summed E-state index contributed by atoms with van der Waals surface area (Å²) in [6.07, 6.45) is 3.29. The third-order valence-electron chi connectivity index (χ3n) is 4.10. The van der Waals surface area contributed by atoms with Gasteiger partial charge in [0.05, 0.1) is 32.0 Å². The van der Waals surface area contributed by atoms with Gasteiger partial charge in [0.15, 0.2) is 11.5 Å². The van der Waals surface area contributed by atoms with Gasteiger partial charge in [-0.3, -0.25) is 9.78 Å². The number of pyridine rings is 2. The Morgan fingerprint density at radius 2 is 1.82 bits per heavy atom. The summed E-state index contributed by atoms with van der Waals surface area (Å²) in [6.45, 7) is 0.942. The highest BCUT2D eigenvalue weighted by atomic mass is 16.5. The van der Waals surface area contributed by atoms with Crippen molar-refractivity contribution in [3.05, 3.63) is 77.7 Å². The molecule has 7 heteroatoms. The molecule has 0 aliphatic rings. The number of carbonyl (C=O) groups is 1. The summed E-state index contributed by atoms with van der Waals surface area (Å²) < 4.78 is 10.5. The van der Waals surface area contributed by atoms with Crippen LogP contribution in [-0.4, -0.2) is 30.1 Å². The van der Waals surface area contributed by atoms with Gasteiger partial charge < -0.3 is 20.1 Å². The first-order chi connectivity index (χ1) is 13.7. The van der Waals surface area contributed by atoms with Crippen molar-refractivity contribution >= 4 is 11.7 Å². The minimum atomic E-state index is -0.196. The van der Waals surface area contributed by atoms with Crippen LogP contribution in [0.5, 0.6) is 11.5 Å².